The third kappa shape index (κ3) is 2.84. The lowest BCUT2D eigenvalue weighted by molar-refractivity contribution is 0.623. The van der Waals surface area contributed by atoms with E-state index >= 15 is 0 Å². The Morgan fingerprint density at radius 3 is 2.59 bits per heavy atom. The van der Waals surface area contributed by atoms with Gasteiger partial charge >= 0.3 is 0 Å². The van der Waals surface area contributed by atoms with Crippen molar-refractivity contribution < 1.29 is 0 Å². The van der Waals surface area contributed by atoms with Gasteiger partial charge in [0.05, 0.1) is 21.1 Å². The van der Waals surface area contributed by atoms with Crippen LogP contribution >= 0.6 is 23.2 Å². The highest BCUT2D eigenvalue weighted by molar-refractivity contribution is 6.42. The van der Waals surface area contributed by atoms with Crippen LogP contribution in [0.5, 0.6) is 0 Å². The maximum atomic E-state index is 6.10. The van der Waals surface area contributed by atoms with E-state index in [0.29, 0.717) is 16.6 Å². The molecule has 0 aliphatic rings. The van der Waals surface area contributed by atoms with Gasteiger partial charge in [0.1, 0.15) is 5.82 Å². The molecule has 0 bridgehead atoms. The molecule has 1 atom stereocenters. The van der Waals surface area contributed by atoms with Crippen molar-refractivity contribution in [1.29, 1.82) is 0 Å². The van der Waals surface area contributed by atoms with Crippen LogP contribution in [0.2, 0.25) is 10.0 Å². The number of para-hydroxylation sites is 2. The Morgan fingerprint density at radius 2 is 1.91 bits per heavy atom. The van der Waals surface area contributed by atoms with E-state index in [1.54, 1.807) is 0 Å². The van der Waals surface area contributed by atoms with Gasteiger partial charge in [0.2, 0.25) is 0 Å². The Hall–Kier alpha value is -1.55. The molecule has 5 heteroatoms. The van der Waals surface area contributed by atoms with E-state index in [4.69, 9.17) is 33.9 Å². The maximum Gasteiger partial charge on any atom is 0.114 e. The summed E-state index contributed by atoms with van der Waals surface area (Å²) in [5.41, 5.74) is 9.22. The van der Waals surface area contributed by atoms with Gasteiger partial charge in [0.25, 0.3) is 0 Å². The predicted molar refractivity (Wildman–Crippen MR) is 92.7 cm³/mol. The third-order valence-electron chi connectivity index (χ3n) is 3.94. The van der Waals surface area contributed by atoms with Gasteiger partial charge in [0, 0.05) is 19.5 Å². The Balaban J connectivity index is 1.95. The van der Waals surface area contributed by atoms with Gasteiger partial charge in [-0.2, -0.15) is 0 Å². The molecule has 2 N–H and O–H groups in total. The first kappa shape index (κ1) is 15.3. The molecule has 1 unspecified atom stereocenters. The van der Waals surface area contributed by atoms with Gasteiger partial charge < -0.3 is 10.3 Å². The average molecular weight is 334 g/mol. The van der Waals surface area contributed by atoms with Gasteiger partial charge in [0.15, 0.2) is 0 Å². The highest BCUT2D eigenvalue weighted by Gasteiger charge is 2.18. The first-order valence-corrected chi connectivity index (χ1v) is 7.91. The quantitative estimate of drug-likeness (QED) is 0.778. The molecule has 22 heavy (non-hydrogen) atoms. The fraction of sp³-hybridized carbons (Fsp3) is 0.235. The standard InChI is InChI=1S/C17H17Cl2N3/c1-22-16-5-3-2-4-15(16)21-17(22)12(10-20)8-11-6-7-13(18)14(19)9-11/h2-7,9,12H,8,10,20H2,1H3. The first-order valence-electron chi connectivity index (χ1n) is 7.15. The normalized spacial score (nSPS) is 12.7. The molecule has 0 radical (unpaired) electrons. The number of nitrogens with two attached hydrogens (primary N) is 1. The topological polar surface area (TPSA) is 43.8 Å². The van der Waals surface area contributed by atoms with Crippen LogP contribution in [0.25, 0.3) is 11.0 Å². The molecule has 0 aliphatic carbocycles. The summed E-state index contributed by atoms with van der Waals surface area (Å²) in [7, 11) is 2.03. The highest BCUT2D eigenvalue weighted by Crippen LogP contribution is 2.27. The fourth-order valence-corrected chi connectivity index (χ4v) is 3.08. The van der Waals surface area contributed by atoms with Crippen molar-refractivity contribution >= 4 is 34.2 Å². The second kappa shape index (κ2) is 6.29. The Morgan fingerprint density at radius 1 is 1.14 bits per heavy atom. The van der Waals surface area contributed by atoms with Crippen molar-refractivity contribution in [3.8, 4) is 0 Å². The minimum atomic E-state index is 0.134. The van der Waals surface area contributed by atoms with Gasteiger partial charge in [-0.15, -0.1) is 0 Å². The number of aryl methyl sites for hydroxylation is 1. The van der Waals surface area contributed by atoms with E-state index in [1.807, 2.05) is 43.4 Å². The zero-order valence-electron chi connectivity index (χ0n) is 12.3. The molecule has 3 rings (SSSR count). The average Bonchev–Trinajstić information content (AvgIpc) is 2.86. The maximum absolute atomic E-state index is 6.10. The number of rotatable bonds is 4. The summed E-state index contributed by atoms with van der Waals surface area (Å²) in [6.07, 6.45) is 0.782. The van der Waals surface area contributed by atoms with Crippen LogP contribution < -0.4 is 5.73 Å². The van der Waals surface area contributed by atoms with Crippen molar-refractivity contribution in [2.45, 2.75) is 12.3 Å². The van der Waals surface area contributed by atoms with E-state index in [0.717, 1.165) is 28.8 Å². The third-order valence-corrected chi connectivity index (χ3v) is 4.68. The molecule has 0 saturated carbocycles. The molecule has 3 aromatic rings. The lowest BCUT2D eigenvalue weighted by atomic mass is 9.98. The SMILES string of the molecule is Cn1c(C(CN)Cc2ccc(Cl)c(Cl)c2)nc2ccccc21. The molecule has 2 aromatic carbocycles. The molecule has 0 saturated heterocycles. The van der Waals surface area contributed by atoms with Crippen LogP contribution in [-0.4, -0.2) is 16.1 Å². The Kier molecular flexibility index (Phi) is 4.39. The number of halogens is 2. The van der Waals surface area contributed by atoms with Crippen molar-refractivity contribution in [1.82, 2.24) is 9.55 Å². The molecule has 1 aromatic heterocycles. The summed E-state index contributed by atoms with van der Waals surface area (Å²) in [5.74, 6) is 1.13. The summed E-state index contributed by atoms with van der Waals surface area (Å²) in [6.45, 7) is 0.525. The lowest BCUT2D eigenvalue weighted by Gasteiger charge is -2.15. The second-order valence-electron chi connectivity index (χ2n) is 5.40. The first-order chi connectivity index (χ1) is 10.6. The monoisotopic (exact) mass is 333 g/mol. The molecular weight excluding hydrogens is 317 g/mol. The second-order valence-corrected chi connectivity index (χ2v) is 6.22. The number of hydrogen-bond acceptors (Lipinski definition) is 2. The van der Waals surface area contributed by atoms with Gasteiger partial charge in [-0.1, -0.05) is 41.4 Å². The molecule has 114 valence electrons. The Bertz CT molecular complexity index is 811. The number of aromatic nitrogens is 2. The summed E-state index contributed by atoms with van der Waals surface area (Å²) in [6, 6.07) is 13.8. The number of benzene rings is 2. The zero-order chi connectivity index (χ0) is 15.7. The van der Waals surface area contributed by atoms with Crippen LogP contribution in [0.1, 0.15) is 17.3 Å². The van der Waals surface area contributed by atoms with E-state index in [1.165, 1.54) is 0 Å². The van der Waals surface area contributed by atoms with Crippen LogP contribution in [0, 0.1) is 0 Å². The minimum Gasteiger partial charge on any atom is -0.331 e. The number of imidazole rings is 1. The molecule has 0 fully saturated rings. The van der Waals surface area contributed by atoms with E-state index < -0.39 is 0 Å². The van der Waals surface area contributed by atoms with Gasteiger partial charge in [-0.3, -0.25) is 0 Å². The smallest absolute Gasteiger partial charge is 0.114 e. The molecule has 1 heterocycles. The minimum absolute atomic E-state index is 0.134. The van der Waals surface area contributed by atoms with E-state index in [9.17, 15) is 0 Å². The number of hydrogen-bond donors (Lipinski definition) is 1. The molecular formula is C17H17Cl2N3. The summed E-state index contributed by atoms with van der Waals surface area (Å²) in [5, 5.41) is 1.14. The van der Waals surface area contributed by atoms with E-state index in [-0.39, 0.29) is 5.92 Å². The van der Waals surface area contributed by atoms with Crippen molar-refractivity contribution in [3.05, 3.63) is 63.9 Å². The number of nitrogens with zero attached hydrogens (tertiary/aromatic N) is 2. The number of fused-ring (bicyclic) bond motifs is 1. The predicted octanol–water partition coefficient (Wildman–Crippen LogP) is 4.17. The van der Waals surface area contributed by atoms with Crippen LogP contribution in [0.3, 0.4) is 0 Å². The van der Waals surface area contributed by atoms with E-state index in [2.05, 4.69) is 10.6 Å². The van der Waals surface area contributed by atoms with Crippen LogP contribution in [-0.2, 0) is 13.5 Å². The summed E-state index contributed by atoms with van der Waals surface area (Å²) in [4.78, 5) is 4.74. The zero-order valence-corrected chi connectivity index (χ0v) is 13.8. The molecule has 0 spiro atoms. The molecule has 0 amide bonds. The highest BCUT2D eigenvalue weighted by atomic mass is 35.5. The van der Waals surface area contributed by atoms with Gasteiger partial charge in [-0.05, 0) is 36.2 Å². The van der Waals surface area contributed by atoms with Crippen LogP contribution in [0.15, 0.2) is 42.5 Å². The van der Waals surface area contributed by atoms with Gasteiger partial charge in [-0.25, -0.2) is 4.98 Å². The van der Waals surface area contributed by atoms with Crippen LogP contribution in [0.4, 0.5) is 0 Å². The fourth-order valence-electron chi connectivity index (χ4n) is 2.76. The summed E-state index contributed by atoms with van der Waals surface area (Å²) < 4.78 is 2.12. The molecule has 0 aliphatic heterocycles. The summed E-state index contributed by atoms with van der Waals surface area (Å²) >= 11 is 12.1. The van der Waals surface area contributed by atoms with Crippen molar-refractivity contribution in [2.24, 2.45) is 12.8 Å². The Labute approximate surface area is 139 Å². The lowest BCUT2D eigenvalue weighted by Crippen LogP contribution is -2.18. The van der Waals surface area contributed by atoms with Crippen molar-refractivity contribution in [2.75, 3.05) is 6.54 Å². The largest absolute Gasteiger partial charge is 0.331 e. The molecule has 3 nitrogen and oxygen atoms in total. The van der Waals surface area contributed by atoms with Crippen molar-refractivity contribution in [3.63, 3.8) is 0 Å².